The topological polar surface area (TPSA) is 86.8 Å². The Morgan fingerprint density at radius 3 is 2.00 bits per heavy atom. The highest BCUT2D eigenvalue weighted by Crippen LogP contribution is 2.28. The molecule has 2 rings (SSSR count). The van der Waals surface area contributed by atoms with Crippen LogP contribution in [0.15, 0.2) is 42.5 Å². The van der Waals surface area contributed by atoms with Crippen molar-refractivity contribution in [3.8, 4) is 0 Å². The van der Waals surface area contributed by atoms with E-state index in [9.17, 15) is 18.0 Å². The fourth-order valence-corrected chi connectivity index (χ4v) is 4.94. The second-order valence-electron chi connectivity index (χ2n) is 9.13. The third-order valence-electron chi connectivity index (χ3n) is 5.07. The highest BCUT2D eigenvalue weighted by Gasteiger charge is 2.33. The van der Waals surface area contributed by atoms with Crippen LogP contribution in [0, 0.1) is 0 Å². The van der Waals surface area contributed by atoms with Gasteiger partial charge in [0.25, 0.3) is 0 Å². The predicted molar refractivity (Wildman–Crippen MR) is 143 cm³/mol. The molecular weight excluding hydrogens is 533 g/mol. The van der Waals surface area contributed by atoms with Gasteiger partial charge < -0.3 is 10.2 Å². The third-order valence-corrected chi connectivity index (χ3v) is 7.17. The summed E-state index contributed by atoms with van der Waals surface area (Å²) >= 11 is 18.7. The first-order valence-electron chi connectivity index (χ1n) is 10.9. The van der Waals surface area contributed by atoms with E-state index in [0.717, 1.165) is 10.6 Å². The largest absolute Gasteiger partial charge is 0.350 e. The van der Waals surface area contributed by atoms with Crippen LogP contribution < -0.4 is 9.62 Å². The molecule has 0 saturated heterocycles. The van der Waals surface area contributed by atoms with Crippen LogP contribution >= 0.6 is 34.8 Å². The molecule has 0 aliphatic rings. The molecule has 0 heterocycles. The van der Waals surface area contributed by atoms with Gasteiger partial charge in [-0.1, -0.05) is 47.8 Å². The van der Waals surface area contributed by atoms with E-state index in [4.69, 9.17) is 34.8 Å². The molecule has 35 heavy (non-hydrogen) atoms. The molecule has 1 N–H and O–H groups in total. The Hall–Kier alpha value is -2.00. The quantitative estimate of drug-likeness (QED) is 0.459. The van der Waals surface area contributed by atoms with Gasteiger partial charge in [-0.3, -0.25) is 13.9 Å². The van der Waals surface area contributed by atoms with Gasteiger partial charge in [0.2, 0.25) is 21.8 Å². The maximum atomic E-state index is 13.7. The van der Waals surface area contributed by atoms with Crippen molar-refractivity contribution < 1.29 is 18.0 Å². The van der Waals surface area contributed by atoms with Gasteiger partial charge in [0, 0.05) is 32.7 Å². The number of sulfonamides is 1. The number of nitrogens with zero attached hydrogens (tertiary/aromatic N) is 2. The van der Waals surface area contributed by atoms with Crippen LogP contribution in [0.2, 0.25) is 15.1 Å². The molecule has 0 bridgehead atoms. The summed E-state index contributed by atoms with van der Waals surface area (Å²) in [5.74, 6) is -0.953. The first kappa shape index (κ1) is 29.2. The van der Waals surface area contributed by atoms with Crippen LogP contribution in [0.5, 0.6) is 0 Å². The number of rotatable bonds is 9. The van der Waals surface area contributed by atoms with Crippen molar-refractivity contribution in [3.05, 3.63) is 63.1 Å². The van der Waals surface area contributed by atoms with E-state index in [0.29, 0.717) is 20.6 Å². The van der Waals surface area contributed by atoms with Crippen molar-refractivity contribution in [2.24, 2.45) is 0 Å². The zero-order valence-corrected chi connectivity index (χ0v) is 23.4. The molecule has 0 unspecified atom stereocenters. The summed E-state index contributed by atoms with van der Waals surface area (Å²) in [5.41, 5.74) is 0.195. The number of anilines is 1. The summed E-state index contributed by atoms with van der Waals surface area (Å²) in [5, 5.41) is 3.99. The molecule has 0 aromatic heterocycles. The average Bonchev–Trinajstić information content (AvgIpc) is 2.72. The minimum Gasteiger partial charge on any atom is -0.350 e. The van der Waals surface area contributed by atoms with E-state index in [-0.39, 0.29) is 24.6 Å². The molecule has 0 fully saturated rings. The maximum absolute atomic E-state index is 13.7. The first-order chi connectivity index (χ1) is 16.1. The Bertz CT molecular complexity index is 1150. The van der Waals surface area contributed by atoms with E-state index in [1.54, 1.807) is 25.1 Å². The lowest BCUT2D eigenvalue weighted by atomic mass is 10.1. The fourth-order valence-electron chi connectivity index (χ4n) is 3.45. The van der Waals surface area contributed by atoms with Crippen molar-refractivity contribution >= 4 is 62.3 Å². The molecule has 1 atom stereocenters. The zero-order valence-electron chi connectivity index (χ0n) is 20.3. The average molecular weight is 563 g/mol. The Balaban J connectivity index is 2.51. The van der Waals surface area contributed by atoms with E-state index in [1.165, 1.54) is 29.2 Å². The standard InChI is InChI=1S/C24H30Cl3N3O4S/c1-6-21(23(32)28-24(2,3)4)29(14-18-19(26)8-7-9-20(18)27)22(31)15-30(35(5,33)34)17-12-10-16(25)11-13-17/h7-13,21H,6,14-15H2,1-5H3,(H,28,32)/t21-/m1/s1. The van der Waals surface area contributed by atoms with Gasteiger partial charge >= 0.3 is 0 Å². The Kier molecular flexibility index (Phi) is 9.87. The van der Waals surface area contributed by atoms with Crippen LogP contribution in [-0.4, -0.2) is 49.5 Å². The Morgan fingerprint density at radius 2 is 1.54 bits per heavy atom. The van der Waals surface area contributed by atoms with E-state index in [2.05, 4.69) is 5.32 Å². The maximum Gasteiger partial charge on any atom is 0.244 e. The summed E-state index contributed by atoms with van der Waals surface area (Å²) in [6.45, 7) is 6.67. The lowest BCUT2D eigenvalue weighted by molar-refractivity contribution is -0.141. The fraction of sp³-hybridized carbons (Fsp3) is 0.417. The van der Waals surface area contributed by atoms with Gasteiger partial charge in [0.05, 0.1) is 11.9 Å². The summed E-state index contributed by atoms with van der Waals surface area (Å²) in [6, 6.07) is 10.1. The summed E-state index contributed by atoms with van der Waals surface area (Å²) < 4.78 is 26.2. The van der Waals surface area contributed by atoms with Crippen molar-refractivity contribution in [2.45, 2.75) is 52.2 Å². The van der Waals surface area contributed by atoms with Crippen LogP contribution in [-0.2, 0) is 26.2 Å². The van der Waals surface area contributed by atoms with Crippen LogP contribution in [0.1, 0.15) is 39.7 Å². The van der Waals surface area contributed by atoms with Crippen LogP contribution in [0.25, 0.3) is 0 Å². The number of halogens is 3. The Labute approximate surface area is 222 Å². The minimum absolute atomic E-state index is 0.0777. The number of hydrogen-bond donors (Lipinski definition) is 1. The van der Waals surface area contributed by atoms with E-state index < -0.39 is 34.1 Å². The SMILES string of the molecule is CC[C@H](C(=O)NC(C)(C)C)N(Cc1c(Cl)cccc1Cl)C(=O)CN(c1ccc(Cl)cc1)S(C)(=O)=O. The molecule has 0 saturated carbocycles. The van der Waals surface area contributed by atoms with Crippen molar-refractivity contribution in [1.82, 2.24) is 10.2 Å². The number of nitrogens with one attached hydrogen (secondary N) is 1. The van der Waals surface area contributed by atoms with Gasteiger partial charge in [0.1, 0.15) is 12.6 Å². The molecule has 2 aromatic carbocycles. The lowest BCUT2D eigenvalue weighted by Crippen LogP contribution is -2.55. The molecule has 192 valence electrons. The minimum atomic E-state index is -3.84. The zero-order chi connectivity index (χ0) is 26.6. The second kappa shape index (κ2) is 11.8. The van der Waals surface area contributed by atoms with Gasteiger partial charge in [0.15, 0.2) is 0 Å². The monoisotopic (exact) mass is 561 g/mol. The summed E-state index contributed by atoms with van der Waals surface area (Å²) in [4.78, 5) is 28.2. The highest BCUT2D eigenvalue weighted by atomic mass is 35.5. The lowest BCUT2D eigenvalue weighted by Gasteiger charge is -2.34. The van der Waals surface area contributed by atoms with Gasteiger partial charge in [-0.15, -0.1) is 0 Å². The summed E-state index contributed by atoms with van der Waals surface area (Å²) in [6.07, 6.45) is 1.29. The van der Waals surface area contributed by atoms with E-state index >= 15 is 0 Å². The number of benzene rings is 2. The van der Waals surface area contributed by atoms with Gasteiger partial charge in [-0.2, -0.15) is 0 Å². The molecule has 11 heteroatoms. The predicted octanol–water partition coefficient (Wildman–Crippen LogP) is 5.13. The number of amides is 2. The van der Waals surface area contributed by atoms with Gasteiger partial charge in [-0.05, 0) is 63.6 Å². The highest BCUT2D eigenvalue weighted by molar-refractivity contribution is 7.92. The summed E-state index contributed by atoms with van der Waals surface area (Å²) in [7, 11) is -3.84. The molecule has 0 spiro atoms. The Morgan fingerprint density at radius 1 is 1.00 bits per heavy atom. The second-order valence-corrected chi connectivity index (χ2v) is 12.3. The molecule has 2 amide bonds. The number of carbonyl (C=O) groups excluding carboxylic acids is 2. The van der Waals surface area contributed by atoms with Crippen LogP contribution in [0.4, 0.5) is 5.69 Å². The number of carbonyl (C=O) groups is 2. The number of hydrogen-bond acceptors (Lipinski definition) is 4. The third kappa shape index (κ3) is 8.27. The van der Waals surface area contributed by atoms with Crippen molar-refractivity contribution in [2.75, 3.05) is 17.1 Å². The van der Waals surface area contributed by atoms with Crippen LogP contribution in [0.3, 0.4) is 0 Å². The molecule has 0 aliphatic heterocycles. The molecular formula is C24H30Cl3N3O4S. The first-order valence-corrected chi connectivity index (χ1v) is 13.9. The molecule has 7 nitrogen and oxygen atoms in total. The van der Waals surface area contributed by atoms with Gasteiger partial charge in [-0.25, -0.2) is 8.42 Å². The van der Waals surface area contributed by atoms with Crippen molar-refractivity contribution in [1.29, 1.82) is 0 Å². The molecule has 2 aromatic rings. The molecule has 0 radical (unpaired) electrons. The van der Waals surface area contributed by atoms with E-state index in [1.807, 2.05) is 20.8 Å². The normalized spacial score (nSPS) is 12.7. The smallest absolute Gasteiger partial charge is 0.244 e. The molecule has 0 aliphatic carbocycles. The van der Waals surface area contributed by atoms with Crippen molar-refractivity contribution in [3.63, 3.8) is 0 Å².